The highest BCUT2D eigenvalue weighted by atomic mass is 15.1. The Bertz CT molecular complexity index is 2470. The molecule has 0 spiro atoms. The van der Waals surface area contributed by atoms with Crippen LogP contribution in [0.3, 0.4) is 0 Å². The van der Waals surface area contributed by atoms with Crippen molar-refractivity contribution >= 4 is 40.4 Å². The minimum Gasteiger partial charge on any atom is -0.310 e. The number of hydrogen-bond donors (Lipinski definition) is 0. The van der Waals surface area contributed by atoms with E-state index in [0.29, 0.717) is 0 Å². The zero-order valence-electron chi connectivity index (χ0n) is 33.3. The first-order valence-corrected chi connectivity index (χ1v) is 19.4. The maximum absolute atomic E-state index is 2.38. The van der Waals surface area contributed by atoms with Crippen LogP contribution in [0.4, 0.5) is 17.1 Å². The molecule has 0 heterocycles. The van der Waals surface area contributed by atoms with Gasteiger partial charge in [-0.2, -0.15) is 0 Å². The molecular formula is C54H51N. The molecule has 272 valence electrons. The van der Waals surface area contributed by atoms with Gasteiger partial charge in [0.2, 0.25) is 0 Å². The van der Waals surface area contributed by atoms with E-state index in [4.69, 9.17) is 0 Å². The van der Waals surface area contributed by atoms with Crippen LogP contribution in [0.15, 0.2) is 169 Å². The molecule has 0 bridgehead atoms. The average Bonchev–Trinajstić information content (AvgIpc) is 3.41. The first-order chi connectivity index (χ1) is 26.6. The Labute approximate surface area is 329 Å². The zero-order chi connectivity index (χ0) is 38.5. The summed E-state index contributed by atoms with van der Waals surface area (Å²) in [4.78, 5) is 2.38. The highest BCUT2D eigenvalue weighted by molar-refractivity contribution is 5.92. The molecule has 1 aliphatic carbocycles. The summed E-state index contributed by atoms with van der Waals surface area (Å²) in [7, 11) is 0. The van der Waals surface area contributed by atoms with Crippen LogP contribution in [0, 0.1) is 47.5 Å². The van der Waals surface area contributed by atoms with Crippen LogP contribution in [0.5, 0.6) is 0 Å². The molecule has 6 aromatic carbocycles. The normalized spacial score (nSPS) is 14.5. The van der Waals surface area contributed by atoms with Crippen LogP contribution in [0.1, 0.15) is 68.1 Å². The highest BCUT2D eigenvalue weighted by Crippen LogP contribution is 2.39. The van der Waals surface area contributed by atoms with Crippen molar-refractivity contribution in [1.29, 1.82) is 0 Å². The van der Waals surface area contributed by atoms with Crippen LogP contribution in [0.25, 0.3) is 23.3 Å². The largest absolute Gasteiger partial charge is 0.310 e. The Morgan fingerprint density at radius 3 is 1.69 bits per heavy atom. The lowest BCUT2D eigenvalue weighted by molar-refractivity contribution is 0.995. The van der Waals surface area contributed by atoms with Gasteiger partial charge in [-0.25, -0.2) is 0 Å². The van der Waals surface area contributed by atoms with Gasteiger partial charge in [-0.05, 0) is 152 Å². The van der Waals surface area contributed by atoms with E-state index in [1.165, 1.54) is 78.0 Å². The molecule has 0 fully saturated rings. The van der Waals surface area contributed by atoms with Crippen LogP contribution >= 0.6 is 0 Å². The molecule has 6 aromatic rings. The number of rotatable bonds is 9. The summed E-state index contributed by atoms with van der Waals surface area (Å²) in [5.74, 6) is 0.188. The van der Waals surface area contributed by atoms with Crippen molar-refractivity contribution in [3.8, 4) is 0 Å². The van der Waals surface area contributed by atoms with Crippen molar-refractivity contribution in [3.63, 3.8) is 0 Å². The molecule has 0 radical (unpaired) electrons. The monoisotopic (exact) mass is 713 g/mol. The molecular weight excluding hydrogens is 663 g/mol. The van der Waals surface area contributed by atoms with Crippen LogP contribution in [-0.2, 0) is 0 Å². The summed E-state index contributed by atoms with van der Waals surface area (Å²) >= 11 is 0. The van der Waals surface area contributed by atoms with Crippen molar-refractivity contribution in [3.05, 3.63) is 231 Å². The van der Waals surface area contributed by atoms with E-state index in [9.17, 15) is 0 Å². The second-order valence-corrected chi connectivity index (χ2v) is 15.1. The highest BCUT2D eigenvalue weighted by Gasteiger charge is 2.18. The Kier molecular flexibility index (Phi) is 11.1. The molecule has 0 N–H and O–H groups in total. The molecule has 1 atom stereocenters. The molecule has 0 saturated heterocycles. The van der Waals surface area contributed by atoms with Gasteiger partial charge in [-0.15, -0.1) is 0 Å². The Hall–Kier alpha value is -6.18. The lowest BCUT2D eigenvalue weighted by Crippen LogP contribution is -2.11. The predicted octanol–water partition coefficient (Wildman–Crippen LogP) is 14.8. The standard InChI is InChI=1S/C54H51N/c1-37-18-31-54(43(7)32-37)55(49-27-21-44(22-28-49)35-52(46-15-11-9-12-16-46)47-25-19-38(2)41(5)33-47)50-29-23-45(24-30-50)36-53(48-26-20-39(3)42(6)34-48)51-17-13-8-10-14-40(51)4/h8-36,51H,1-7H3/b52-35+,53-36-. The zero-order valence-corrected chi connectivity index (χ0v) is 33.3. The maximum Gasteiger partial charge on any atom is 0.0490 e. The number of nitrogens with zero attached hydrogens (tertiary/aromatic N) is 1. The summed E-state index contributed by atoms with van der Waals surface area (Å²) < 4.78 is 0. The second-order valence-electron chi connectivity index (χ2n) is 15.1. The molecule has 0 aromatic heterocycles. The summed E-state index contributed by atoms with van der Waals surface area (Å²) in [6.45, 7) is 15.4. The molecule has 1 nitrogen and oxygen atoms in total. The summed E-state index contributed by atoms with van der Waals surface area (Å²) in [6.07, 6.45) is 15.7. The van der Waals surface area contributed by atoms with Gasteiger partial charge in [0, 0.05) is 23.0 Å². The average molecular weight is 714 g/mol. The quantitative estimate of drug-likeness (QED) is 0.135. The first kappa shape index (κ1) is 37.1. The Morgan fingerprint density at radius 2 is 1.07 bits per heavy atom. The van der Waals surface area contributed by atoms with Gasteiger partial charge in [0.15, 0.2) is 0 Å². The number of benzene rings is 6. The molecule has 1 unspecified atom stereocenters. The minimum atomic E-state index is 0.188. The van der Waals surface area contributed by atoms with E-state index in [2.05, 4.69) is 229 Å². The summed E-state index contributed by atoms with van der Waals surface area (Å²) in [6, 6.07) is 49.1. The van der Waals surface area contributed by atoms with Crippen molar-refractivity contribution in [2.45, 2.75) is 48.5 Å². The third-order valence-corrected chi connectivity index (χ3v) is 11.0. The van der Waals surface area contributed by atoms with Crippen LogP contribution in [0.2, 0.25) is 0 Å². The van der Waals surface area contributed by atoms with Crippen molar-refractivity contribution < 1.29 is 0 Å². The third kappa shape index (κ3) is 8.48. The van der Waals surface area contributed by atoms with E-state index >= 15 is 0 Å². The van der Waals surface area contributed by atoms with E-state index in [1.54, 1.807) is 0 Å². The predicted molar refractivity (Wildman–Crippen MR) is 239 cm³/mol. The molecule has 0 saturated carbocycles. The van der Waals surface area contributed by atoms with Gasteiger partial charge in [0.25, 0.3) is 0 Å². The van der Waals surface area contributed by atoms with Crippen LogP contribution in [-0.4, -0.2) is 0 Å². The number of anilines is 3. The van der Waals surface area contributed by atoms with Crippen molar-refractivity contribution in [2.24, 2.45) is 5.92 Å². The van der Waals surface area contributed by atoms with E-state index in [0.717, 1.165) is 16.9 Å². The first-order valence-electron chi connectivity index (χ1n) is 19.4. The molecule has 0 aliphatic heterocycles. The smallest absolute Gasteiger partial charge is 0.0490 e. The Balaban J connectivity index is 1.28. The summed E-state index contributed by atoms with van der Waals surface area (Å²) in [5, 5.41) is 0. The van der Waals surface area contributed by atoms with Gasteiger partial charge in [-0.1, -0.05) is 151 Å². The van der Waals surface area contributed by atoms with Crippen molar-refractivity contribution in [1.82, 2.24) is 0 Å². The second kappa shape index (κ2) is 16.5. The SMILES string of the molecule is CC1=CC=CC=CC1/C(=C\c1ccc(N(c2ccc(/C=C(\c3ccccc3)c3ccc(C)c(C)c3)cc2)c2ccc(C)cc2C)cc1)c1ccc(C)c(C)c1. The third-order valence-electron chi connectivity index (χ3n) is 11.0. The fourth-order valence-corrected chi connectivity index (χ4v) is 7.45. The lowest BCUT2D eigenvalue weighted by atomic mass is 9.84. The molecule has 1 aliphatic rings. The fourth-order valence-electron chi connectivity index (χ4n) is 7.45. The maximum atomic E-state index is 2.38. The number of hydrogen-bond acceptors (Lipinski definition) is 1. The van der Waals surface area contributed by atoms with Gasteiger partial charge >= 0.3 is 0 Å². The summed E-state index contributed by atoms with van der Waals surface area (Å²) in [5.41, 5.74) is 21.0. The Morgan fingerprint density at radius 1 is 0.473 bits per heavy atom. The van der Waals surface area contributed by atoms with Crippen LogP contribution < -0.4 is 4.90 Å². The number of allylic oxidation sites excluding steroid dienone is 7. The van der Waals surface area contributed by atoms with E-state index in [-0.39, 0.29) is 5.92 Å². The molecule has 1 heteroatoms. The van der Waals surface area contributed by atoms with E-state index < -0.39 is 0 Å². The molecule has 55 heavy (non-hydrogen) atoms. The van der Waals surface area contributed by atoms with Gasteiger partial charge in [-0.3, -0.25) is 0 Å². The molecule has 0 amide bonds. The number of aryl methyl sites for hydroxylation is 6. The fraction of sp³-hybridized carbons (Fsp3) is 0.148. The van der Waals surface area contributed by atoms with Gasteiger partial charge in [0.05, 0.1) is 0 Å². The minimum absolute atomic E-state index is 0.188. The lowest BCUT2D eigenvalue weighted by Gasteiger charge is -2.27. The topological polar surface area (TPSA) is 3.24 Å². The van der Waals surface area contributed by atoms with Gasteiger partial charge in [0.1, 0.15) is 0 Å². The van der Waals surface area contributed by atoms with Gasteiger partial charge < -0.3 is 4.90 Å². The molecule has 7 rings (SSSR count). The van der Waals surface area contributed by atoms with Crippen molar-refractivity contribution in [2.75, 3.05) is 4.90 Å². The van der Waals surface area contributed by atoms with E-state index in [1.807, 2.05) is 0 Å².